The molecule has 0 amide bonds. The Morgan fingerprint density at radius 2 is 1.56 bits per heavy atom. The molecule has 5 rings (SSSR count). The van der Waals surface area contributed by atoms with E-state index in [1.807, 2.05) is 38.5 Å². The molecule has 0 fully saturated rings. The number of nitrogens with zero attached hydrogens (tertiary/aromatic N) is 3. The van der Waals surface area contributed by atoms with E-state index in [1.165, 1.54) is 0 Å². The first-order valence-corrected chi connectivity index (χ1v) is 11.4. The maximum atomic E-state index is 13.1. The summed E-state index contributed by atoms with van der Waals surface area (Å²) in [5.74, 6) is -0.963. The number of Topliss-reactive ketones (excluding diaryl/α,β-unsaturated/α-hetero) is 2. The molecule has 0 aliphatic heterocycles. The standard InChI is InChI=1S/C29H27N3O2/c1-18-15-20(19(2)32(18)23-12-10-22(11-13-23)31(3)4)17-30-21-9-14-26-27(16-21)29(34)25-8-6-5-7-24(25)28(26)33/h5-17,26-27H,1-4H3/t26-,27+/m1/s1. The lowest BCUT2D eigenvalue weighted by atomic mass is 9.72. The van der Waals surface area contributed by atoms with Crippen molar-refractivity contribution in [3.63, 3.8) is 0 Å². The average molecular weight is 450 g/mol. The number of anilines is 1. The maximum absolute atomic E-state index is 13.1. The molecule has 2 aliphatic carbocycles. The van der Waals surface area contributed by atoms with Gasteiger partial charge in [-0.05, 0) is 56.3 Å². The number of carbonyl (C=O) groups is 2. The van der Waals surface area contributed by atoms with Crippen LogP contribution in [0.15, 0.2) is 83.5 Å². The molecule has 0 bridgehead atoms. The van der Waals surface area contributed by atoms with Gasteiger partial charge in [-0.15, -0.1) is 0 Å². The SMILES string of the molecule is Cc1cc(C=NC2=C[C@@H]3C(=O)c4ccccc4C(=O)[C@@H]3C=C2)c(C)n1-c1ccc(N(C)C)cc1. The van der Waals surface area contributed by atoms with Gasteiger partial charge in [0.2, 0.25) is 0 Å². The smallest absolute Gasteiger partial charge is 0.171 e. The summed E-state index contributed by atoms with van der Waals surface area (Å²) in [7, 11) is 4.06. The zero-order valence-corrected chi connectivity index (χ0v) is 19.8. The van der Waals surface area contributed by atoms with E-state index in [0.717, 1.165) is 28.3 Å². The van der Waals surface area contributed by atoms with Crippen molar-refractivity contribution in [2.75, 3.05) is 19.0 Å². The molecule has 5 nitrogen and oxygen atoms in total. The molecule has 2 aliphatic rings. The van der Waals surface area contributed by atoms with Crippen LogP contribution in [0.25, 0.3) is 5.69 Å². The fraction of sp³-hybridized carbons (Fsp3) is 0.207. The number of fused-ring (bicyclic) bond motifs is 2. The second-order valence-electron chi connectivity index (χ2n) is 9.11. The quantitative estimate of drug-likeness (QED) is 0.505. The number of rotatable bonds is 4. The number of carbonyl (C=O) groups excluding carboxylic acids is 2. The van der Waals surface area contributed by atoms with E-state index in [-0.39, 0.29) is 11.6 Å². The number of hydrogen-bond donors (Lipinski definition) is 0. The summed E-state index contributed by atoms with van der Waals surface area (Å²) in [6.07, 6.45) is 7.34. The minimum atomic E-state index is -0.498. The Hall–Kier alpha value is -3.99. The molecule has 34 heavy (non-hydrogen) atoms. The van der Waals surface area contributed by atoms with E-state index < -0.39 is 11.8 Å². The summed E-state index contributed by atoms with van der Waals surface area (Å²) in [5, 5.41) is 0. The summed E-state index contributed by atoms with van der Waals surface area (Å²) < 4.78 is 2.21. The Balaban J connectivity index is 1.42. The Morgan fingerprint density at radius 3 is 2.21 bits per heavy atom. The van der Waals surface area contributed by atoms with Gasteiger partial charge in [0.25, 0.3) is 0 Å². The molecule has 3 aromatic rings. The van der Waals surface area contributed by atoms with Crippen LogP contribution in [0.2, 0.25) is 0 Å². The Labute approximate surface area is 199 Å². The first kappa shape index (κ1) is 21.8. The lowest BCUT2D eigenvalue weighted by Gasteiger charge is -2.28. The molecule has 2 atom stereocenters. The van der Waals surface area contributed by atoms with Gasteiger partial charge in [-0.25, -0.2) is 0 Å². The molecule has 0 N–H and O–H groups in total. The van der Waals surface area contributed by atoms with Gasteiger partial charge >= 0.3 is 0 Å². The number of allylic oxidation sites excluding steroid dienone is 3. The molecule has 1 heterocycles. The maximum Gasteiger partial charge on any atom is 0.171 e. The third-order valence-electron chi connectivity index (χ3n) is 6.72. The van der Waals surface area contributed by atoms with Crippen molar-refractivity contribution < 1.29 is 9.59 Å². The highest BCUT2D eigenvalue weighted by Crippen LogP contribution is 2.35. The van der Waals surface area contributed by atoms with Gasteiger partial charge in [0.15, 0.2) is 11.6 Å². The van der Waals surface area contributed by atoms with Crippen LogP contribution in [0.1, 0.15) is 37.7 Å². The largest absolute Gasteiger partial charge is 0.378 e. The number of aromatic nitrogens is 1. The molecule has 0 saturated heterocycles. The Bertz CT molecular complexity index is 1390. The highest BCUT2D eigenvalue weighted by atomic mass is 16.1. The molecule has 0 radical (unpaired) electrons. The van der Waals surface area contributed by atoms with Crippen LogP contribution in [0.3, 0.4) is 0 Å². The number of aryl methyl sites for hydroxylation is 1. The van der Waals surface area contributed by atoms with Gasteiger partial charge in [-0.3, -0.25) is 14.6 Å². The predicted octanol–water partition coefficient (Wildman–Crippen LogP) is 5.34. The van der Waals surface area contributed by atoms with Gasteiger partial charge in [0.1, 0.15) is 0 Å². The van der Waals surface area contributed by atoms with Crippen LogP contribution in [0, 0.1) is 25.7 Å². The number of hydrogen-bond acceptors (Lipinski definition) is 4. The van der Waals surface area contributed by atoms with Gasteiger partial charge in [0.05, 0.1) is 17.5 Å². The second kappa shape index (κ2) is 8.41. The van der Waals surface area contributed by atoms with Crippen molar-refractivity contribution in [2.24, 2.45) is 16.8 Å². The molecule has 2 aromatic carbocycles. The lowest BCUT2D eigenvalue weighted by molar-refractivity contribution is 0.0801. The molecule has 0 spiro atoms. The topological polar surface area (TPSA) is 54.7 Å². The van der Waals surface area contributed by atoms with Crippen LogP contribution in [-0.4, -0.2) is 36.4 Å². The minimum Gasteiger partial charge on any atom is -0.378 e. The van der Waals surface area contributed by atoms with Crippen LogP contribution in [0.4, 0.5) is 5.69 Å². The van der Waals surface area contributed by atoms with E-state index in [9.17, 15) is 9.59 Å². The van der Waals surface area contributed by atoms with E-state index in [2.05, 4.69) is 58.6 Å². The molecular formula is C29H27N3O2. The summed E-state index contributed by atoms with van der Waals surface area (Å²) in [5.41, 5.74) is 7.20. The van der Waals surface area contributed by atoms with E-state index >= 15 is 0 Å². The van der Waals surface area contributed by atoms with Crippen molar-refractivity contribution in [1.29, 1.82) is 0 Å². The van der Waals surface area contributed by atoms with Crippen LogP contribution in [0.5, 0.6) is 0 Å². The normalized spacial score (nSPS) is 19.2. The van der Waals surface area contributed by atoms with Crippen LogP contribution >= 0.6 is 0 Å². The minimum absolute atomic E-state index is 0.000407. The molecule has 170 valence electrons. The van der Waals surface area contributed by atoms with Gasteiger partial charge < -0.3 is 9.47 Å². The fourth-order valence-electron chi connectivity index (χ4n) is 4.87. The van der Waals surface area contributed by atoms with Crippen molar-refractivity contribution in [3.8, 4) is 5.69 Å². The summed E-state index contributed by atoms with van der Waals surface area (Å²) in [4.78, 5) is 32.7. The summed E-state index contributed by atoms with van der Waals surface area (Å²) in [6.45, 7) is 4.16. The summed E-state index contributed by atoms with van der Waals surface area (Å²) in [6, 6.07) is 17.6. The summed E-state index contributed by atoms with van der Waals surface area (Å²) >= 11 is 0. The highest BCUT2D eigenvalue weighted by Gasteiger charge is 2.40. The third kappa shape index (κ3) is 3.63. The highest BCUT2D eigenvalue weighted by molar-refractivity contribution is 6.17. The molecule has 0 saturated carbocycles. The average Bonchev–Trinajstić information content (AvgIpc) is 3.13. The monoisotopic (exact) mass is 449 g/mol. The third-order valence-corrected chi connectivity index (χ3v) is 6.72. The zero-order chi connectivity index (χ0) is 24.0. The van der Waals surface area contributed by atoms with Crippen molar-refractivity contribution in [2.45, 2.75) is 13.8 Å². The van der Waals surface area contributed by atoms with Crippen molar-refractivity contribution in [3.05, 3.63) is 107 Å². The molecular weight excluding hydrogens is 422 g/mol. The lowest BCUT2D eigenvalue weighted by Crippen LogP contribution is -2.35. The predicted molar refractivity (Wildman–Crippen MR) is 136 cm³/mol. The zero-order valence-electron chi connectivity index (χ0n) is 19.8. The Morgan fingerprint density at radius 1 is 0.912 bits per heavy atom. The van der Waals surface area contributed by atoms with Gasteiger partial charge in [0, 0.05) is 59.8 Å². The second-order valence-corrected chi connectivity index (χ2v) is 9.11. The molecule has 0 unspecified atom stereocenters. The molecule has 5 heteroatoms. The van der Waals surface area contributed by atoms with Crippen molar-refractivity contribution >= 4 is 23.5 Å². The Kier molecular flexibility index (Phi) is 5.40. The van der Waals surface area contributed by atoms with Crippen LogP contribution in [-0.2, 0) is 0 Å². The number of benzene rings is 2. The van der Waals surface area contributed by atoms with E-state index in [4.69, 9.17) is 0 Å². The van der Waals surface area contributed by atoms with Crippen molar-refractivity contribution in [1.82, 2.24) is 4.57 Å². The van der Waals surface area contributed by atoms with E-state index in [1.54, 1.807) is 24.3 Å². The van der Waals surface area contributed by atoms with Crippen LogP contribution < -0.4 is 4.90 Å². The molecule has 1 aromatic heterocycles. The van der Waals surface area contributed by atoms with Gasteiger partial charge in [-0.2, -0.15) is 0 Å². The van der Waals surface area contributed by atoms with Gasteiger partial charge in [-0.1, -0.05) is 30.3 Å². The first-order chi connectivity index (χ1) is 16.3. The first-order valence-electron chi connectivity index (χ1n) is 11.4. The number of ketones is 2. The number of aliphatic imine (C=N–C) groups is 1. The van der Waals surface area contributed by atoms with E-state index in [0.29, 0.717) is 16.8 Å². The fourth-order valence-corrected chi connectivity index (χ4v) is 4.87.